The first-order valence-corrected chi connectivity index (χ1v) is 8.31. The number of esters is 1. The van der Waals surface area contributed by atoms with Crippen LogP contribution in [0.15, 0.2) is 60.7 Å². The van der Waals surface area contributed by atoms with Crippen molar-refractivity contribution in [2.75, 3.05) is 20.6 Å². The number of allylic oxidation sites excluding steroid dienone is 3. The van der Waals surface area contributed by atoms with Gasteiger partial charge >= 0.3 is 5.97 Å². The van der Waals surface area contributed by atoms with Crippen LogP contribution in [0.2, 0.25) is 0 Å². The van der Waals surface area contributed by atoms with Crippen LogP contribution in [0.5, 0.6) is 0 Å². The number of cyclic esters (lactones) is 1. The molecular weight excluding hydrogens is 312 g/mol. The molecule has 0 N–H and O–H groups in total. The van der Waals surface area contributed by atoms with E-state index in [1.165, 1.54) is 0 Å². The summed E-state index contributed by atoms with van der Waals surface area (Å²) in [4.78, 5) is 14.5. The smallest absolute Gasteiger partial charge is 0.311 e. The summed E-state index contributed by atoms with van der Waals surface area (Å²) in [6.45, 7) is 6.65. The molecule has 1 saturated heterocycles. The molecule has 1 unspecified atom stereocenters. The predicted octanol–water partition coefficient (Wildman–Crippen LogP) is 3.43. The Kier molecular flexibility index (Phi) is 6.32. The van der Waals surface area contributed by atoms with E-state index in [0.29, 0.717) is 12.1 Å². The van der Waals surface area contributed by atoms with Gasteiger partial charge < -0.3 is 9.64 Å². The zero-order chi connectivity index (χ0) is 18.4. The third-order valence-corrected chi connectivity index (χ3v) is 4.27. The fourth-order valence-corrected chi connectivity index (χ4v) is 3.10. The van der Waals surface area contributed by atoms with Crippen molar-refractivity contribution in [3.63, 3.8) is 0 Å². The van der Waals surface area contributed by atoms with Crippen molar-refractivity contribution in [2.45, 2.75) is 18.9 Å². The lowest BCUT2D eigenvalue weighted by Crippen LogP contribution is -2.29. The van der Waals surface area contributed by atoms with Crippen molar-refractivity contribution in [2.24, 2.45) is 5.92 Å². The van der Waals surface area contributed by atoms with Gasteiger partial charge in [-0.3, -0.25) is 4.79 Å². The van der Waals surface area contributed by atoms with Gasteiger partial charge in [-0.2, -0.15) is 5.26 Å². The van der Waals surface area contributed by atoms with Gasteiger partial charge in [0.05, 0.1) is 17.6 Å². The second-order valence-electron chi connectivity index (χ2n) is 6.45. The van der Waals surface area contributed by atoms with Gasteiger partial charge in [0.2, 0.25) is 0 Å². The van der Waals surface area contributed by atoms with Crippen molar-refractivity contribution in [1.29, 1.82) is 5.26 Å². The Bertz CT molecular complexity index is 723. The minimum Gasteiger partial charge on any atom is -0.457 e. The monoisotopic (exact) mass is 336 g/mol. The Hall–Kier alpha value is -2.64. The lowest BCUT2D eigenvalue weighted by atomic mass is 9.81. The second kappa shape index (κ2) is 8.46. The number of nitriles is 1. The van der Waals surface area contributed by atoms with Gasteiger partial charge in [0, 0.05) is 12.5 Å². The number of hydrogen-bond donors (Lipinski definition) is 0. The van der Waals surface area contributed by atoms with Gasteiger partial charge in [0.25, 0.3) is 0 Å². The van der Waals surface area contributed by atoms with Crippen molar-refractivity contribution in [3.05, 3.63) is 71.8 Å². The summed E-state index contributed by atoms with van der Waals surface area (Å²) >= 11 is 0. The van der Waals surface area contributed by atoms with Crippen molar-refractivity contribution < 1.29 is 9.53 Å². The molecule has 25 heavy (non-hydrogen) atoms. The summed E-state index contributed by atoms with van der Waals surface area (Å²) < 4.78 is 5.69. The lowest BCUT2D eigenvalue weighted by Gasteiger charge is -2.23. The molecule has 0 saturated carbocycles. The van der Waals surface area contributed by atoms with E-state index in [0.717, 1.165) is 11.1 Å². The van der Waals surface area contributed by atoms with Crippen molar-refractivity contribution in [1.82, 2.24) is 4.90 Å². The molecule has 0 bridgehead atoms. The van der Waals surface area contributed by atoms with Gasteiger partial charge in [0.1, 0.15) is 6.10 Å². The van der Waals surface area contributed by atoms with Crippen molar-refractivity contribution in [3.8, 4) is 6.07 Å². The van der Waals surface area contributed by atoms with Crippen LogP contribution in [0.25, 0.3) is 0 Å². The molecule has 1 aromatic carbocycles. The van der Waals surface area contributed by atoms with E-state index >= 15 is 0 Å². The first kappa shape index (κ1) is 18.7. The predicted molar refractivity (Wildman–Crippen MR) is 98.9 cm³/mol. The molecule has 1 heterocycles. The molecule has 2 rings (SSSR count). The first-order valence-electron chi connectivity index (χ1n) is 8.31. The quantitative estimate of drug-likeness (QED) is 0.590. The SMILES string of the molecule is C=C(/C=C\C=C/C)[C@H]1OC(=O)C(CN(C)C)[C@H]1c1ccc(C#N)cc1. The average Bonchev–Trinajstić information content (AvgIpc) is 2.91. The zero-order valence-electron chi connectivity index (χ0n) is 15.0. The number of carbonyl (C=O) groups excluding carboxylic acids is 1. The molecule has 0 aliphatic carbocycles. The average molecular weight is 336 g/mol. The summed E-state index contributed by atoms with van der Waals surface area (Å²) in [6.07, 6.45) is 7.22. The topological polar surface area (TPSA) is 53.3 Å². The van der Waals surface area contributed by atoms with Gasteiger partial charge in [-0.25, -0.2) is 0 Å². The highest BCUT2D eigenvalue weighted by molar-refractivity contribution is 5.78. The Balaban J connectivity index is 2.37. The molecule has 130 valence electrons. The molecule has 3 atom stereocenters. The van der Waals surface area contributed by atoms with Crippen LogP contribution < -0.4 is 0 Å². The highest BCUT2D eigenvalue weighted by atomic mass is 16.6. The van der Waals surface area contributed by atoms with Crippen LogP contribution in [0.1, 0.15) is 24.0 Å². The van der Waals surface area contributed by atoms with E-state index < -0.39 is 6.10 Å². The maximum Gasteiger partial charge on any atom is 0.311 e. The Morgan fingerprint density at radius 1 is 1.32 bits per heavy atom. The van der Waals surface area contributed by atoms with Crippen LogP contribution in [0.3, 0.4) is 0 Å². The number of hydrogen-bond acceptors (Lipinski definition) is 4. The summed E-state index contributed by atoms with van der Waals surface area (Å²) in [6, 6.07) is 9.49. The van der Waals surface area contributed by atoms with E-state index in [9.17, 15) is 4.79 Å². The van der Waals surface area contributed by atoms with Crippen LogP contribution >= 0.6 is 0 Å². The van der Waals surface area contributed by atoms with Crippen LogP contribution in [-0.2, 0) is 9.53 Å². The van der Waals surface area contributed by atoms with Gasteiger partial charge in [0.15, 0.2) is 0 Å². The molecule has 0 spiro atoms. The summed E-state index contributed by atoms with van der Waals surface area (Å²) in [5.41, 5.74) is 2.35. The maximum absolute atomic E-state index is 12.5. The lowest BCUT2D eigenvalue weighted by molar-refractivity contribution is -0.143. The molecule has 1 aliphatic heterocycles. The molecule has 1 fully saturated rings. The standard InChI is InChI=1S/C21H24N2O2/c1-5-6-7-8-15(2)20-19(17-11-9-16(13-22)10-12-17)18(14-23(3)4)21(24)25-20/h5-12,18-20H,2,14H2,1,3-4H3/b6-5-,8-7-/t18?,19-,20-/m1/s1. The molecule has 4 nitrogen and oxygen atoms in total. The van der Waals surface area contributed by atoms with Crippen LogP contribution in [-0.4, -0.2) is 37.6 Å². The van der Waals surface area contributed by atoms with Crippen LogP contribution in [0, 0.1) is 17.2 Å². The Morgan fingerprint density at radius 3 is 2.56 bits per heavy atom. The van der Waals surface area contributed by atoms with E-state index in [2.05, 4.69) is 12.6 Å². The molecule has 0 radical (unpaired) electrons. The normalized spacial score (nSPS) is 23.3. The minimum atomic E-state index is -0.396. The largest absolute Gasteiger partial charge is 0.457 e. The zero-order valence-corrected chi connectivity index (χ0v) is 15.0. The molecule has 0 aromatic heterocycles. The molecular formula is C21H24N2O2. The highest BCUT2D eigenvalue weighted by Gasteiger charge is 2.46. The van der Waals surface area contributed by atoms with Crippen LogP contribution in [0.4, 0.5) is 0 Å². The summed E-state index contributed by atoms with van der Waals surface area (Å²) in [7, 11) is 3.88. The number of ether oxygens (including phenoxy) is 1. The molecule has 1 aromatic rings. The molecule has 4 heteroatoms. The molecule has 1 aliphatic rings. The number of benzene rings is 1. The van der Waals surface area contributed by atoms with Gasteiger partial charge in [-0.15, -0.1) is 0 Å². The van der Waals surface area contributed by atoms with E-state index in [1.807, 2.05) is 62.4 Å². The fraction of sp³-hybridized carbons (Fsp3) is 0.333. The molecule has 0 amide bonds. The van der Waals surface area contributed by atoms with E-state index in [-0.39, 0.29) is 17.8 Å². The van der Waals surface area contributed by atoms with Gasteiger partial charge in [-0.1, -0.05) is 43.0 Å². The number of nitrogens with zero attached hydrogens (tertiary/aromatic N) is 2. The third-order valence-electron chi connectivity index (χ3n) is 4.27. The van der Waals surface area contributed by atoms with Gasteiger partial charge in [-0.05, 0) is 44.3 Å². The highest BCUT2D eigenvalue weighted by Crippen LogP contribution is 2.40. The minimum absolute atomic E-state index is 0.120. The Labute approximate surface area is 149 Å². The Morgan fingerprint density at radius 2 is 2.00 bits per heavy atom. The van der Waals surface area contributed by atoms with E-state index in [1.54, 1.807) is 12.1 Å². The number of rotatable bonds is 6. The summed E-state index contributed by atoms with van der Waals surface area (Å²) in [5.74, 6) is -0.584. The van der Waals surface area contributed by atoms with Crippen molar-refractivity contribution >= 4 is 5.97 Å². The second-order valence-corrected chi connectivity index (χ2v) is 6.45. The summed E-state index contributed by atoms with van der Waals surface area (Å²) in [5, 5.41) is 9.00. The van der Waals surface area contributed by atoms with E-state index in [4.69, 9.17) is 10.00 Å². The first-order chi connectivity index (χ1) is 12.0. The third kappa shape index (κ3) is 4.46. The number of carbonyl (C=O) groups is 1. The fourth-order valence-electron chi connectivity index (χ4n) is 3.10. The maximum atomic E-state index is 12.5.